The number of hydrogen-bond acceptors (Lipinski definition) is 5. The highest BCUT2D eigenvalue weighted by atomic mass is 16.5. The molecule has 0 radical (unpaired) electrons. The summed E-state index contributed by atoms with van der Waals surface area (Å²) in [5.41, 5.74) is 0.374. The summed E-state index contributed by atoms with van der Waals surface area (Å²) in [5.74, 6) is -0.499. The standard InChI is InChI=1S/C12H14N4O3/c1-8(2)16-5-9(3-15-16)19-6-11-10(12(17)18)4-13-7-14-11/h3-5,7-8H,6H2,1-2H3,(H,17,18). The van der Waals surface area contributed by atoms with Gasteiger partial charge in [0.2, 0.25) is 0 Å². The molecule has 0 spiro atoms. The average molecular weight is 262 g/mol. The smallest absolute Gasteiger partial charge is 0.339 e. The lowest BCUT2D eigenvalue weighted by atomic mass is 10.2. The van der Waals surface area contributed by atoms with Gasteiger partial charge in [0.05, 0.1) is 18.1 Å². The first-order valence-electron chi connectivity index (χ1n) is 5.77. The van der Waals surface area contributed by atoms with Crippen LogP contribution in [0.1, 0.15) is 35.9 Å². The number of rotatable bonds is 5. The lowest BCUT2D eigenvalue weighted by Crippen LogP contribution is -2.08. The number of aromatic nitrogens is 4. The Hall–Kier alpha value is -2.44. The van der Waals surface area contributed by atoms with Crippen LogP contribution in [0.15, 0.2) is 24.9 Å². The molecule has 7 heteroatoms. The minimum absolute atomic E-state index is 0.0405. The number of carbonyl (C=O) groups is 1. The summed E-state index contributed by atoms with van der Waals surface area (Å²) in [6.45, 7) is 4.07. The van der Waals surface area contributed by atoms with E-state index in [1.54, 1.807) is 17.1 Å². The number of ether oxygens (including phenoxy) is 1. The van der Waals surface area contributed by atoms with Crippen LogP contribution in [0, 0.1) is 0 Å². The topological polar surface area (TPSA) is 90.1 Å². The molecular formula is C12H14N4O3. The van der Waals surface area contributed by atoms with E-state index in [1.807, 2.05) is 13.8 Å². The van der Waals surface area contributed by atoms with E-state index in [-0.39, 0.29) is 18.2 Å². The molecular weight excluding hydrogens is 248 g/mol. The lowest BCUT2D eigenvalue weighted by Gasteiger charge is -2.06. The Labute approximate surface area is 109 Å². The van der Waals surface area contributed by atoms with Gasteiger partial charge in [-0.1, -0.05) is 0 Å². The summed E-state index contributed by atoms with van der Waals surface area (Å²) in [6, 6.07) is 0.242. The largest absolute Gasteiger partial charge is 0.484 e. The van der Waals surface area contributed by atoms with Gasteiger partial charge in [-0.05, 0) is 13.8 Å². The third-order valence-electron chi connectivity index (χ3n) is 2.51. The molecule has 2 rings (SSSR count). The summed E-state index contributed by atoms with van der Waals surface area (Å²) < 4.78 is 7.23. The Morgan fingerprint density at radius 3 is 2.89 bits per heavy atom. The Morgan fingerprint density at radius 1 is 1.47 bits per heavy atom. The first kappa shape index (κ1) is 13.0. The Kier molecular flexibility index (Phi) is 3.74. The van der Waals surface area contributed by atoms with E-state index in [9.17, 15) is 4.79 Å². The first-order chi connectivity index (χ1) is 9.08. The summed E-state index contributed by atoms with van der Waals surface area (Å²) in [7, 11) is 0. The van der Waals surface area contributed by atoms with E-state index in [0.29, 0.717) is 11.4 Å². The molecule has 7 nitrogen and oxygen atoms in total. The molecule has 0 saturated heterocycles. The highest BCUT2D eigenvalue weighted by molar-refractivity contribution is 5.88. The van der Waals surface area contributed by atoms with Gasteiger partial charge in [0, 0.05) is 12.2 Å². The Bertz CT molecular complexity index is 580. The van der Waals surface area contributed by atoms with Gasteiger partial charge in [0.1, 0.15) is 18.5 Å². The van der Waals surface area contributed by atoms with E-state index < -0.39 is 5.97 Å². The van der Waals surface area contributed by atoms with Crippen LogP contribution in [0.5, 0.6) is 5.75 Å². The molecule has 0 unspecified atom stereocenters. The molecule has 2 aromatic heterocycles. The first-order valence-corrected chi connectivity index (χ1v) is 5.77. The SMILES string of the molecule is CC(C)n1cc(OCc2ncncc2C(=O)O)cn1. The minimum Gasteiger partial charge on any atom is -0.484 e. The average Bonchev–Trinajstić information content (AvgIpc) is 2.85. The predicted molar refractivity (Wildman–Crippen MR) is 65.9 cm³/mol. The van der Waals surface area contributed by atoms with E-state index in [0.717, 1.165) is 0 Å². The van der Waals surface area contributed by atoms with Crippen molar-refractivity contribution in [1.29, 1.82) is 0 Å². The molecule has 0 amide bonds. The molecule has 1 N–H and O–H groups in total. The highest BCUT2D eigenvalue weighted by Gasteiger charge is 2.12. The second-order valence-corrected chi connectivity index (χ2v) is 4.23. The summed E-state index contributed by atoms with van der Waals surface area (Å²) in [5, 5.41) is 13.1. The normalized spacial score (nSPS) is 10.7. The maximum Gasteiger partial charge on any atom is 0.339 e. The minimum atomic E-state index is -1.07. The van der Waals surface area contributed by atoms with Crippen LogP contribution in [0.3, 0.4) is 0 Å². The van der Waals surface area contributed by atoms with Crippen LogP contribution >= 0.6 is 0 Å². The maximum atomic E-state index is 11.0. The maximum absolute atomic E-state index is 11.0. The lowest BCUT2D eigenvalue weighted by molar-refractivity contribution is 0.0692. The van der Waals surface area contributed by atoms with Gasteiger partial charge in [-0.2, -0.15) is 5.10 Å². The molecule has 0 aromatic carbocycles. The van der Waals surface area contributed by atoms with Crippen molar-refractivity contribution in [2.45, 2.75) is 26.5 Å². The summed E-state index contributed by atoms with van der Waals surface area (Å²) in [6.07, 6.45) is 5.89. The van der Waals surface area contributed by atoms with Gasteiger partial charge in [0.25, 0.3) is 0 Å². The zero-order valence-electron chi connectivity index (χ0n) is 10.6. The highest BCUT2D eigenvalue weighted by Crippen LogP contribution is 2.14. The Morgan fingerprint density at radius 2 is 2.26 bits per heavy atom. The van der Waals surface area contributed by atoms with Crippen molar-refractivity contribution in [3.8, 4) is 5.75 Å². The number of hydrogen-bond donors (Lipinski definition) is 1. The quantitative estimate of drug-likeness (QED) is 0.878. The molecule has 0 saturated carbocycles. The van der Waals surface area contributed by atoms with Crippen LogP contribution in [0.25, 0.3) is 0 Å². The fourth-order valence-corrected chi connectivity index (χ4v) is 1.48. The van der Waals surface area contributed by atoms with Crippen LogP contribution in [0.2, 0.25) is 0 Å². The number of carboxylic acids is 1. The van der Waals surface area contributed by atoms with E-state index >= 15 is 0 Å². The number of aromatic carboxylic acids is 1. The molecule has 2 aromatic rings. The second kappa shape index (κ2) is 5.47. The van der Waals surface area contributed by atoms with Gasteiger partial charge in [-0.3, -0.25) is 4.68 Å². The van der Waals surface area contributed by atoms with Crippen molar-refractivity contribution in [3.05, 3.63) is 36.2 Å². The third kappa shape index (κ3) is 3.06. The van der Waals surface area contributed by atoms with Crippen molar-refractivity contribution >= 4 is 5.97 Å². The third-order valence-corrected chi connectivity index (χ3v) is 2.51. The summed E-state index contributed by atoms with van der Waals surface area (Å²) in [4.78, 5) is 18.6. The summed E-state index contributed by atoms with van der Waals surface area (Å²) >= 11 is 0. The van der Waals surface area contributed by atoms with E-state index in [2.05, 4.69) is 15.1 Å². The van der Waals surface area contributed by atoms with Crippen molar-refractivity contribution in [2.24, 2.45) is 0 Å². The van der Waals surface area contributed by atoms with Gasteiger partial charge in [-0.25, -0.2) is 14.8 Å². The van der Waals surface area contributed by atoms with Crippen molar-refractivity contribution in [3.63, 3.8) is 0 Å². The van der Waals surface area contributed by atoms with Crippen LogP contribution in [-0.2, 0) is 6.61 Å². The van der Waals surface area contributed by atoms with Crippen LogP contribution in [-0.4, -0.2) is 30.8 Å². The zero-order chi connectivity index (χ0) is 13.8. The predicted octanol–water partition coefficient (Wildman–Crippen LogP) is 1.53. The molecule has 100 valence electrons. The molecule has 0 aliphatic rings. The molecule has 0 bridgehead atoms. The molecule has 0 fully saturated rings. The second-order valence-electron chi connectivity index (χ2n) is 4.23. The number of carboxylic acid groups (broad SMARTS) is 1. The molecule has 0 aliphatic carbocycles. The van der Waals surface area contributed by atoms with Gasteiger partial charge >= 0.3 is 5.97 Å². The molecule has 0 aliphatic heterocycles. The van der Waals surface area contributed by atoms with Crippen molar-refractivity contribution < 1.29 is 14.6 Å². The number of nitrogens with zero attached hydrogens (tertiary/aromatic N) is 4. The van der Waals surface area contributed by atoms with E-state index in [4.69, 9.17) is 9.84 Å². The van der Waals surface area contributed by atoms with Crippen LogP contribution in [0.4, 0.5) is 0 Å². The molecule has 2 heterocycles. The van der Waals surface area contributed by atoms with Crippen LogP contribution < -0.4 is 4.74 Å². The Balaban J connectivity index is 2.08. The zero-order valence-corrected chi connectivity index (χ0v) is 10.6. The van der Waals surface area contributed by atoms with Gasteiger partial charge < -0.3 is 9.84 Å². The molecule has 0 atom stereocenters. The fourth-order valence-electron chi connectivity index (χ4n) is 1.48. The molecule has 19 heavy (non-hydrogen) atoms. The van der Waals surface area contributed by atoms with Gasteiger partial charge in [0.15, 0.2) is 5.75 Å². The van der Waals surface area contributed by atoms with Gasteiger partial charge in [-0.15, -0.1) is 0 Å². The van der Waals surface area contributed by atoms with E-state index in [1.165, 1.54) is 12.5 Å². The van der Waals surface area contributed by atoms with Crippen molar-refractivity contribution in [2.75, 3.05) is 0 Å². The fraction of sp³-hybridized carbons (Fsp3) is 0.333. The monoisotopic (exact) mass is 262 g/mol. The van der Waals surface area contributed by atoms with Crippen molar-refractivity contribution in [1.82, 2.24) is 19.7 Å².